The number of hydrogen-bond donors (Lipinski definition) is 2. The lowest BCUT2D eigenvalue weighted by Gasteiger charge is -2.15. The van der Waals surface area contributed by atoms with Crippen LogP contribution in [0.4, 0.5) is 11.9 Å². The van der Waals surface area contributed by atoms with Crippen molar-refractivity contribution < 1.29 is 4.74 Å². The molecule has 7 nitrogen and oxygen atoms in total. The zero-order chi connectivity index (χ0) is 11.3. The molecule has 0 atom stereocenters. The van der Waals surface area contributed by atoms with Crippen LogP contribution in [0.1, 0.15) is 13.8 Å². The Morgan fingerprint density at radius 1 is 1.33 bits per heavy atom. The summed E-state index contributed by atoms with van der Waals surface area (Å²) in [5.74, 6) is 6.08. The Balaban J connectivity index is 2.99. The molecule has 0 radical (unpaired) electrons. The van der Waals surface area contributed by atoms with Gasteiger partial charge >= 0.3 is 6.01 Å². The summed E-state index contributed by atoms with van der Waals surface area (Å²) in [6.45, 7) is 5.16. The van der Waals surface area contributed by atoms with Crippen molar-refractivity contribution in [2.45, 2.75) is 13.8 Å². The summed E-state index contributed by atoms with van der Waals surface area (Å²) >= 11 is 0. The monoisotopic (exact) mass is 212 g/mol. The number of nitrogens with zero attached hydrogens (tertiary/aromatic N) is 4. The second-order valence-electron chi connectivity index (χ2n) is 2.83. The van der Waals surface area contributed by atoms with Crippen LogP contribution in [0.25, 0.3) is 0 Å². The number of nitrogen functional groups attached to an aromatic ring is 1. The number of hydrogen-bond acceptors (Lipinski definition) is 7. The lowest BCUT2D eigenvalue weighted by atomic mass is 10.6. The molecule has 7 heteroatoms. The van der Waals surface area contributed by atoms with Crippen LogP contribution in [-0.4, -0.2) is 35.2 Å². The molecule has 1 heterocycles. The molecule has 1 rings (SSSR count). The van der Waals surface area contributed by atoms with Gasteiger partial charge in [0, 0.05) is 13.6 Å². The highest BCUT2D eigenvalue weighted by Gasteiger charge is 2.08. The molecule has 1 aromatic heterocycles. The van der Waals surface area contributed by atoms with E-state index in [2.05, 4.69) is 20.4 Å². The van der Waals surface area contributed by atoms with Gasteiger partial charge in [0.2, 0.25) is 11.9 Å². The van der Waals surface area contributed by atoms with Crippen molar-refractivity contribution in [2.24, 2.45) is 5.84 Å². The maximum absolute atomic E-state index is 5.25. The minimum atomic E-state index is 0.274. The Morgan fingerprint density at radius 2 is 2.07 bits per heavy atom. The van der Waals surface area contributed by atoms with E-state index in [4.69, 9.17) is 10.6 Å². The number of anilines is 2. The van der Waals surface area contributed by atoms with Gasteiger partial charge in [0.25, 0.3) is 0 Å². The van der Waals surface area contributed by atoms with Crippen LogP contribution in [0.15, 0.2) is 0 Å². The molecule has 3 N–H and O–H groups in total. The van der Waals surface area contributed by atoms with Gasteiger partial charge in [0.1, 0.15) is 0 Å². The van der Waals surface area contributed by atoms with Crippen molar-refractivity contribution in [1.82, 2.24) is 15.0 Å². The van der Waals surface area contributed by atoms with Crippen LogP contribution in [-0.2, 0) is 0 Å². The molecule has 0 bridgehead atoms. The van der Waals surface area contributed by atoms with Crippen molar-refractivity contribution in [3.63, 3.8) is 0 Å². The van der Waals surface area contributed by atoms with Gasteiger partial charge < -0.3 is 9.64 Å². The average molecular weight is 212 g/mol. The van der Waals surface area contributed by atoms with E-state index in [1.807, 2.05) is 25.8 Å². The molecule has 84 valence electrons. The van der Waals surface area contributed by atoms with E-state index < -0.39 is 0 Å². The van der Waals surface area contributed by atoms with E-state index in [1.54, 1.807) is 0 Å². The van der Waals surface area contributed by atoms with Crippen molar-refractivity contribution >= 4 is 11.9 Å². The molecule has 0 aliphatic heterocycles. The fourth-order valence-corrected chi connectivity index (χ4v) is 0.916. The lowest BCUT2D eigenvalue weighted by Crippen LogP contribution is -2.21. The molecule has 0 aliphatic carbocycles. The Kier molecular flexibility index (Phi) is 4.04. The third-order valence-electron chi connectivity index (χ3n) is 1.82. The number of rotatable bonds is 5. The SMILES string of the molecule is CCOc1nc(NN)nc(N(C)CC)n1. The summed E-state index contributed by atoms with van der Waals surface area (Å²) in [5, 5.41) is 0. The Hall–Kier alpha value is -1.63. The van der Waals surface area contributed by atoms with Crippen LogP contribution >= 0.6 is 0 Å². The van der Waals surface area contributed by atoms with Gasteiger partial charge in [-0.2, -0.15) is 15.0 Å². The number of ether oxygens (including phenoxy) is 1. The third kappa shape index (κ3) is 2.91. The average Bonchev–Trinajstić information content (AvgIpc) is 2.28. The Bertz CT molecular complexity index is 318. The lowest BCUT2D eigenvalue weighted by molar-refractivity contribution is 0.312. The van der Waals surface area contributed by atoms with Crippen LogP contribution in [0.5, 0.6) is 6.01 Å². The predicted octanol–water partition coefficient (Wildman–Crippen LogP) is 0.0120. The van der Waals surface area contributed by atoms with Crippen LogP contribution in [0.3, 0.4) is 0 Å². The molecule has 0 fully saturated rings. The Morgan fingerprint density at radius 3 is 2.60 bits per heavy atom. The molecule has 15 heavy (non-hydrogen) atoms. The van der Waals surface area contributed by atoms with Gasteiger partial charge in [-0.05, 0) is 13.8 Å². The van der Waals surface area contributed by atoms with Crippen LogP contribution < -0.4 is 20.9 Å². The van der Waals surface area contributed by atoms with E-state index in [9.17, 15) is 0 Å². The standard InChI is InChI=1S/C8H16N6O/c1-4-14(3)7-10-6(13-9)11-8(12-7)15-5-2/h4-5,9H2,1-3H3,(H,10,11,12,13). The van der Waals surface area contributed by atoms with Crippen molar-refractivity contribution in [1.29, 1.82) is 0 Å². The van der Waals surface area contributed by atoms with Crippen LogP contribution in [0.2, 0.25) is 0 Å². The summed E-state index contributed by atoms with van der Waals surface area (Å²) in [5.41, 5.74) is 2.38. The highest BCUT2D eigenvalue weighted by molar-refractivity contribution is 5.36. The molecule has 1 aromatic rings. The minimum absolute atomic E-state index is 0.274. The van der Waals surface area contributed by atoms with Gasteiger partial charge in [-0.1, -0.05) is 0 Å². The molecular weight excluding hydrogens is 196 g/mol. The Labute approximate surface area is 88.6 Å². The number of nitrogens with one attached hydrogen (secondary N) is 1. The summed E-state index contributed by atoms with van der Waals surface area (Å²) in [7, 11) is 1.88. The molecule has 0 aliphatic rings. The largest absolute Gasteiger partial charge is 0.464 e. The predicted molar refractivity (Wildman–Crippen MR) is 57.8 cm³/mol. The van der Waals surface area contributed by atoms with Gasteiger partial charge in [-0.25, -0.2) is 5.84 Å². The molecule has 0 unspecified atom stereocenters. The van der Waals surface area contributed by atoms with Crippen molar-refractivity contribution in [2.75, 3.05) is 30.5 Å². The normalized spacial score (nSPS) is 9.87. The second-order valence-corrected chi connectivity index (χ2v) is 2.83. The van der Waals surface area contributed by atoms with Gasteiger partial charge in [-0.15, -0.1) is 0 Å². The zero-order valence-corrected chi connectivity index (χ0v) is 9.19. The van der Waals surface area contributed by atoms with E-state index in [0.29, 0.717) is 18.5 Å². The number of aromatic nitrogens is 3. The maximum Gasteiger partial charge on any atom is 0.323 e. The molecule has 0 saturated heterocycles. The highest BCUT2D eigenvalue weighted by atomic mass is 16.5. The first-order chi connectivity index (χ1) is 7.21. The van der Waals surface area contributed by atoms with E-state index in [-0.39, 0.29) is 6.01 Å². The topological polar surface area (TPSA) is 89.2 Å². The molecule has 0 saturated carbocycles. The first kappa shape index (κ1) is 11.4. The fraction of sp³-hybridized carbons (Fsp3) is 0.625. The minimum Gasteiger partial charge on any atom is -0.464 e. The van der Waals surface area contributed by atoms with Gasteiger partial charge in [-0.3, -0.25) is 5.43 Å². The van der Waals surface area contributed by atoms with E-state index in [0.717, 1.165) is 6.54 Å². The van der Waals surface area contributed by atoms with E-state index in [1.165, 1.54) is 0 Å². The second kappa shape index (κ2) is 5.30. The third-order valence-corrected chi connectivity index (χ3v) is 1.82. The molecule has 0 amide bonds. The van der Waals surface area contributed by atoms with Crippen molar-refractivity contribution in [3.05, 3.63) is 0 Å². The summed E-state index contributed by atoms with van der Waals surface area (Å²) < 4.78 is 5.20. The summed E-state index contributed by atoms with van der Waals surface area (Å²) in [6.07, 6.45) is 0. The first-order valence-electron chi connectivity index (χ1n) is 4.77. The zero-order valence-electron chi connectivity index (χ0n) is 9.19. The molecule has 0 aromatic carbocycles. The smallest absolute Gasteiger partial charge is 0.323 e. The molecule has 0 spiro atoms. The number of hydrazine groups is 1. The van der Waals surface area contributed by atoms with Gasteiger partial charge in [0.05, 0.1) is 6.61 Å². The van der Waals surface area contributed by atoms with E-state index >= 15 is 0 Å². The number of nitrogens with two attached hydrogens (primary N) is 1. The summed E-state index contributed by atoms with van der Waals surface area (Å²) in [6, 6.07) is 0.274. The van der Waals surface area contributed by atoms with Crippen LogP contribution in [0, 0.1) is 0 Å². The van der Waals surface area contributed by atoms with Gasteiger partial charge in [0.15, 0.2) is 0 Å². The highest BCUT2D eigenvalue weighted by Crippen LogP contribution is 2.12. The van der Waals surface area contributed by atoms with Crippen molar-refractivity contribution in [3.8, 4) is 6.01 Å². The first-order valence-corrected chi connectivity index (χ1v) is 4.77. The summed E-state index contributed by atoms with van der Waals surface area (Å²) in [4.78, 5) is 14.0. The molecular formula is C8H16N6O. The quantitative estimate of drug-likeness (QED) is 0.525. The fourth-order valence-electron chi connectivity index (χ4n) is 0.916. The maximum atomic E-state index is 5.25.